The number of amides is 2. The molecule has 8 heteroatoms. The van der Waals surface area contributed by atoms with Crippen molar-refractivity contribution in [1.29, 1.82) is 0 Å². The van der Waals surface area contributed by atoms with Crippen LogP contribution >= 0.6 is 11.8 Å². The van der Waals surface area contributed by atoms with Crippen LogP contribution in [0.4, 0.5) is 10.1 Å². The fourth-order valence-electron chi connectivity index (χ4n) is 3.55. The number of hydrogen-bond acceptors (Lipinski definition) is 4. The molecule has 0 spiro atoms. The van der Waals surface area contributed by atoms with E-state index in [-0.39, 0.29) is 29.9 Å². The van der Waals surface area contributed by atoms with E-state index in [1.54, 1.807) is 7.05 Å². The third kappa shape index (κ3) is 6.20. The van der Waals surface area contributed by atoms with Crippen LogP contribution in [0.3, 0.4) is 0 Å². The molecular formula is C28H27FN4O2S. The molecule has 0 radical (unpaired) electrons. The number of aromatic nitrogens is 2. The van der Waals surface area contributed by atoms with Gasteiger partial charge in [-0.15, -0.1) is 0 Å². The summed E-state index contributed by atoms with van der Waals surface area (Å²) in [5.74, 6) is -0.821. The maximum absolute atomic E-state index is 13.1. The molecule has 4 rings (SSSR count). The first-order valence-electron chi connectivity index (χ1n) is 11.4. The lowest BCUT2D eigenvalue weighted by Crippen LogP contribution is -2.36. The number of carbonyl (C=O) groups excluding carboxylic acids is 2. The van der Waals surface area contributed by atoms with Gasteiger partial charge in [-0.1, -0.05) is 42.1 Å². The minimum absolute atomic E-state index is 0.113. The second-order valence-electron chi connectivity index (χ2n) is 8.51. The molecule has 0 aliphatic carbocycles. The predicted octanol–water partition coefficient (Wildman–Crippen LogP) is 5.48. The van der Waals surface area contributed by atoms with Gasteiger partial charge in [0, 0.05) is 30.2 Å². The minimum atomic E-state index is -0.383. The van der Waals surface area contributed by atoms with E-state index in [1.807, 2.05) is 47.2 Å². The molecule has 2 amide bonds. The zero-order valence-corrected chi connectivity index (χ0v) is 21.2. The van der Waals surface area contributed by atoms with Crippen LogP contribution < -0.4 is 5.32 Å². The largest absolute Gasteiger partial charge is 0.336 e. The summed E-state index contributed by atoms with van der Waals surface area (Å²) < 4.78 is 15.0. The number of likely N-dealkylation sites (N-methyl/N-ethyl adjacent to an activating group) is 1. The normalized spacial score (nSPS) is 10.8. The Hall–Kier alpha value is -3.91. The highest BCUT2D eigenvalue weighted by atomic mass is 32.2. The van der Waals surface area contributed by atoms with Gasteiger partial charge in [0.2, 0.25) is 11.8 Å². The van der Waals surface area contributed by atoms with Gasteiger partial charge in [-0.3, -0.25) is 14.2 Å². The Balaban J connectivity index is 1.46. The second kappa shape index (κ2) is 11.2. The van der Waals surface area contributed by atoms with Gasteiger partial charge < -0.3 is 10.2 Å². The topological polar surface area (TPSA) is 67.2 Å². The average molecular weight is 503 g/mol. The minimum Gasteiger partial charge on any atom is -0.336 e. The van der Waals surface area contributed by atoms with E-state index >= 15 is 0 Å². The first-order valence-corrected chi connectivity index (χ1v) is 12.4. The predicted molar refractivity (Wildman–Crippen MR) is 142 cm³/mol. The van der Waals surface area contributed by atoms with Crippen LogP contribution in [0.1, 0.15) is 11.1 Å². The highest BCUT2D eigenvalue weighted by Gasteiger charge is 2.17. The zero-order chi connectivity index (χ0) is 25.7. The molecule has 1 heterocycles. The van der Waals surface area contributed by atoms with Gasteiger partial charge in [-0.25, -0.2) is 9.37 Å². The van der Waals surface area contributed by atoms with E-state index in [0.29, 0.717) is 10.8 Å². The van der Waals surface area contributed by atoms with Crippen LogP contribution in [-0.4, -0.2) is 45.6 Å². The van der Waals surface area contributed by atoms with Crippen LogP contribution in [0.25, 0.3) is 16.9 Å². The Morgan fingerprint density at radius 3 is 2.42 bits per heavy atom. The van der Waals surface area contributed by atoms with Crippen LogP contribution in [0, 0.1) is 19.7 Å². The Morgan fingerprint density at radius 2 is 1.72 bits per heavy atom. The molecule has 3 aromatic carbocycles. The van der Waals surface area contributed by atoms with Gasteiger partial charge in [0.1, 0.15) is 5.82 Å². The van der Waals surface area contributed by atoms with Crippen LogP contribution in [-0.2, 0) is 9.59 Å². The number of thioether (sulfide) groups is 1. The maximum Gasteiger partial charge on any atom is 0.243 e. The van der Waals surface area contributed by atoms with Crippen LogP contribution in [0.5, 0.6) is 0 Å². The summed E-state index contributed by atoms with van der Waals surface area (Å²) >= 11 is 1.32. The van der Waals surface area contributed by atoms with E-state index < -0.39 is 0 Å². The highest BCUT2D eigenvalue weighted by Crippen LogP contribution is 2.28. The molecule has 0 unspecified atom stereocenters. The maximum atomic E-state index is 13.1. The molecule has 36 heavy (non-hydrogen) atoms. The number of nitrogens with zero attached hydrogens (tertiary/aromatic N) is 3. The molecule has 4 aromatic rings. The Morgan fingerprint density at radius 1 is 1.00 bits per heavy atom. The van der Waals surface area contributed by atoms with Gasteiger partial charge in [-0.2, -0.15) is 0 Å². The van der Waals surface area contributed by atoms with E-state index in [1.165, 1.54) is 52.1 Å². The monoisotopic (exact) mass is 502 g/mol. The molecule has 0 saturated carbocycles. The molecular weight excluding hydrogens is 475 g/mol. The van der Waals surface area contributed by atoms with Gasteiger partial charge in [-0.05, 0) is 67.4 Å². The summed E-state index contributed by atoms with van der Waals surface area (Å²) in [5, 5.41) is 3.35. The number of nitrogens with one attached hydrogen (secondary N) is 1. The first kappa shape index (κ1) is 25.2. The lowest BCUT2D eigenvalue weighted by atomic mass is 10.0. The van der Waals surface area contributed by atoms with Gasteiger partial charge in [0.15, 0.2) is 5.16 Å². The molecule has 0 aliphatic heterocycles. The van der Waals surface area contributed by atoms with Crippen molar-refractivity contribution in [3.63, 3.8) is 0 Å². The molecule has 0 fully saturated rings. The Bertz CT molecular complexity index is 1370. The van der Waals surface area contributed by atoms with Crippen molar-refractivity contribution in [2.24, 2.45) is 0 Å². The molecule has 184 valence electrons. The fourth-order valence-corrected chi connectivity index (χ4v) is 4.49. The van der Waals surface area contributed by atoms with E-state index in [2.05, 4.69) is 31.3 Å². The average Bonchev–Trinajstić information content (AvgIpc) is 3.30. The Labute approximate surface area is 214 Å². The number of carbonyl (C=O) groups is 2. The summed E-state index contributed by atoms with van der Waals surface area (Å²) in [5.41, 5.74) is 5.65. The van der Waals surface area contributed by atoms with Crippen molar-refractivity contribution in [2.45, 2.75) is 19.0 Å². The molecule has 0 saturated heterocycles. The quantitative estimate of drug-likeness (QED) is 0.324. The van der Waals surface area contributed by atoms with E-state index in [9.17, 15) is 14.0 Å². The number of benzene rings is 3. The summed E-state index contributed by atoms with van der Waals surface area (Å²) in [6.07, 6.45) is 1.98. The third-order valence-electron chi connectivity index (χ3n) is 5.77. The summed E-state index contributed by atoms with van der Waals surface area (Å²) in [6, 6.07) is 21.6. The molecule has 0 atom stereocenters. The van der Waals surface area contributed by atoms with Crippen molar-refractivity contribution in [1.82, 2.24) is 14.5 Å². The molecule has 1 aromatic heterocycles. The van der Waals surface area contributed by atoms with Crippen molar-refractivity contribution in [3.8, 4) is 16.9 Å². The van der Waals surface area contributed by atoms with E-state index in [4.69, 9.17) is 4.98 Å². The fraction of sp³-hybridized carbons (Fsp3) is 0.179. The number of halogens is 1. The second-order valence-corrected chi connectivity index (χ2v) is 9.45. The number of imidazole rings is 1. The summed E-state index contributed by atoms with van der Waals surface area (Å²) in [4.78, 5) is 31.3. The number of hydrogen-bond donors (Lipinski definition) is 1. The van der Waals surface area contributed by atoms with E-state index in [0.717, 1.165) is 16.9 Å². The first-order chi connectivity index (χ1) is 17.3. The highest BCUT2D eigenvalue weighted by molar-refractivity contribution is 7.99. The summed E-state index contributed by atoms with van der Waals surface area (Å²) in [6.45, 7) is 4.03. The number of anilines is 1. The lowest BCUT2D eigenvalue weighted by Gasteiger charge is -2.16. The third-order valence-corrected chi connectivity index (χ3v) is 6.71. The smallest absolute Gasteiger partial charge is 0.243 e. The van der Waals surface area contributed by atoms with Crippen molar-refractivity contribution in [2.75, 3.05) is 24.7 Å². The zero-order valence-electron chi connectivity index (χ0n) is 20.4. The van der Waals surface area contributed by atoms with Gasteiger partial charge in [0.25, 0.3) is 0 Å². The lowest BCUT2D eigenvalue weighted by molar-refractivity contribution is -0.131. The van der Waals surface area contributed by atoms with Crippen molar-refractivity contribution in [3.05, 3.63) is 95.9 Å². The standard InChI is InChI=1S/C28H27FN4O2S/c1-19-9-10-21(15-20(19)2)25-16-33(24-7-5-4-6-8-24)28(31-25)36-18-27(35)32(3)17-26(34)30-23-13-11-22(29)12-14-23/h4-16H,17-18H2,1-3H3,(H,30,34). The molecule has 0 aliphatic rings. The molecule has 1 N–H and O–H groups in total. The van der Waals surface area contributed by atoms with Crippen LogP contribution in [0.2, 0.25) is 0 Å². The number of rotatable bonds is 8. The number of para-hydroxylation sites is 1. The SMILES string of the molecule is Cc1ccc(-c2cn(-c3ccccc3)c(SCC(=O)N(C)CC(=O)Nc3ccc(F)cc3)n2)cc1C. The van der Waals surface area contributed by atoms with Crippen LogP contribution in [0.15, 0.2) is 84.1 Å². The number of aryl methyl sites for hydroxylation is 2. The molecule has 0 bridgehead atoms. The van der Waals surface area contributed by atoms with Gasteiger partial charge in [0.05, 0.1) is 18.0 Å². The Kier molecular flexibility index (Phi) is 7.85. The summed E-state index contributed by atoms with van der Waals surface area (Å²) in [7, 11) is 1.58. The van der Waals surface area contributed by atoms with Crippen molar-refractivity contribution >= 4 is 29.3 Å². The van der Waals surface area contributed by atoms with Gasteiger partial charge >= 0.3 is 0 Å². The van der Waals surface area contributed by atoms with Crippen molar-refractivity contribution < 1.29 is 14.0 Å². The molecule has 6 nitrogen and oxygen atoms in total.